The Morgan fingerprint density at radius 2 is 2.07 bits per heavy atom. The first-order valence-electron chi connectivity index (χ1n) is 8.72. The van der Waals surface area contributed by atoms with E-state index in [-0.39, 0.29) is 12.4 Å². The van der Waals surface area contributed by atoms with Crippen molar-refractivity contribution in [2.45, 2.75) is 12.4 Å². The van der Waals surface area contributed by atoms with E-state index in [1.165, 1.54) is 0 Å². The second-order valence-electron chi connectivity index (χ2n) is 6.04. The third kappa shape index (κ3) is 3.93. The molecule has 0 saturated carbocycles. The minimum atomic E-state index is -0.527. The molecule has 0 unspecified atom stereocenters. The molecule has 0 N–H and O–H groups in total. The summed E-state index contributed by atoms with van der Waals surface area (Å²) in [7, 11) is 0. The first-order valence-corrected chi connectivity index (χ1v) is 10.7. The highest BCUT2D eigenvalue weighted by molar-refractivity contribution is 8.38. The summed E-state index contributed by atoms with van der Waals surface area (Å²) in [4.78, 5) is 17.2. The highest BCUT2D eigenvalue weighted by Gasteiger charge is 2.23. The fraction of sp³-hybridized carbons (Fsp3) is 0.190. The first kappa shape index (κ1) is 18.7. The maximum atomic E-state index is 12.8. The van der Waals surface area contributed by atoms with E-state index in [9.17, 15) is 10.1 Å². The van der Waals surface area contributed by atoms with Crippen LogP contribution in [0, 0.1) is 11.3 Å². The van der Waals surface area contributed by atoms with Crippen LogP contribution in [0.25, 0.3) is 11.0 Å². The Bertz CT molecular complexity index is 1100. The van der Waals surface area contributed by atoms with Crippen molar-refractivity contribution in [2.24, 2.45) is 4.99 Å². The Morgan fingerprint density at radius 3 is 2.89 bits per heavy atom. The van der Waals surface area contributed by atoms with Crippen LogP contribution in [0.2, 0.25) is 0 Å². The number of nitriles is 1. The summed E-state index contributed by atoms with van der Waals surface area (Å²) in [5.41, 5.74) is 2.63. The van der Waals surface area contributed by atoms with Crippen LogP contribution in [0.3, 0.4) is 0 Å². The highest BCUT2D eigenvalue weighted by atomic mass is 32.2. The van der Waals surface area contributed by atoms with Crippen molar-refractivity contribution < 1.29 is 13.9 Å². The fourth-order valence-corrected chi connectivity index (χ4v) is 4.94. The zero-order chi connectivity index (χ0) is 19.3. The minimum absolute atomic E-state index is 0.0226. The second-order valence-corrected chi connectivity index (χ2v) is 8.34. The molecule has 0 radical (unpaired) electrons. The zero-order valence-corrected chi connectivity index (χ0v) is 16.5. The van der Waals surface area contributed by atoms with Crippen LogP contribution in [-0.4, -0.2) is 22.6 Å². The van der Waals surface area contributed by atoms with Gasteiger partial charge in [0.1, 0.15) is 16.6 Å². The molecule has 0 bridgehead atoms. The van der Waals surface area contributed by atoms with E-state index in [1.54, 1.807) is 41.7 Å². The van der Waals surface area contributed by atoms with Gasteiger partial charge >= 0.3 is 5.97 Å². The molecule has 140 valence electrons. The number of rotatable bonds is 5. The molecule has 1 aliphatic rings. The van der Waals surface area contributed by atoms with Gasteiger partial charge < -0.3 is 9.15 Å². The molecule has 1 aliphatic heterocycles. The largest absolute Gasteiger partial charge is 0.455 e. The number of carbonyl (C=O) groups is 1. The number of hydrogen-bond donors (Lipinski definition) is 0. The molecule has 1 aromatic heterocycles. The molecular weight excluding hydrogens is 392 g/mol. The van der Waals surface area contributed by atoms with Crippen LogP contribution in [0.4, 0.5) is 0 Å². The predicted molar refractivity (Wildman–Crippen MR) is 113 cm³/mol. The van der Waals surface area contributed by atoms with Crippen LogP contribution in [0.1, 0.15) is 27.2 Å². The Kier molecular flexibility index (Phi) is 5.70. The minimum Gasteiger partial charge on any atom is -0.455 e. The molecular formula is C21H16N2O3S2. The second kappa shape index (κ2) is 8.55. The molecule has 0 atom stereocenters. The number of ether oxygens (including phenoxy) is 1. The van der Waals surface area contributed by atoms with E-state index >= 15 is 0 Å². The van der Waals surface area contributed by atoms with E-state index in [0.717, 1.165) is 27.6 Å². The van der Waals surface area contributed by atoms with Gasteiger partial charge in [-0.2, -0.15) is 5.26 Å². The summed E-state index contributed by atoms with van der Waals surface area (Å²) in [6, 6.07) is 16.8. The van der Waals surface area contributed by atoms with Gasteiger partial charge in [0, 0.05) is 28.0 Å². The van der Waals surface area contributed by atoms with Crippen molar-refractivity contribution in [3.05, 3.63) is 71.0 Å². The van der Waals surface area contributed by atoms with Gasteiger partial charge in [-0.3, -0.25) is 4.99 Å². The number of carbonyl (C=O) groups excluding carboxylic acids is 1. The van der Waals surface area contributed by atoms with Gasteiger partial charge in [-0.25, -0.2) is 4.79 Å². The van der Waals surface area contributed by atoms with Gasteiger partial charge in [0.2, 0.25) is 5.76 Å². The number of benzene rings is 2. The maximum absolute atomic E-state index is 12.8. The average molecular weight is 409 g/mol. The number of furan rings is 1. The fourth-order valence-electron chi connectivity index (χ4n) is 2.91. The number of hydrogen-bond acceptors (Lipinski definition) is 7. The van der Waals surface area contributed by atoms with Crippen molar-refractivity contribution in [1.82, 2.24) is 0 Å². The lowest BCUT2D eigenvalue weighted by molar-refractivity contribution is 0.0437. The zero-order valence-electron chi connectivity index (χ0n) is 14.9. The molecule has 0 spiro atoms. The van der Waals surface area contributed by atoms with Gasteiger partial charge in [0.05, 0.1) is 18.2 Å². The van der Waals surface area contributed by atoms with Crippen molar-refractivity contribution >= 4 is 44.8 Å². The van der Waals surface area contributed by atoms with Crippen LogP contribution < -0.4 is 0 Å². The van der Waals surface area contributed by atoms with Crippen molar-refractivity contribution in [2.75, 3.05) is 12.3 Å². The molecule has 0 saturated heterocycles. The lowest BCUT2D eigenvalue weighted by Crippen LogP contribution is -2.07. The standard InChI is InChI=1S/C21H16N2O3S2/c22-11-14-5-1-2-6-15(14)12-25-20(24)19-17(13-28-21-23-9-10-27-21)16-7-3-4-8-18(16)26-19/h1-8H,9-10,12-13H2. The summed E-state index contributed by atoms with van der Waals surface area (Å²) in [6.07, 6.45) is 0. The van der Waals surface area contributed by atoms with E-state index in [0.29, 0.717) is 22.5 Å². The van der Waals surface area contributed by atoms with Crippen LogP contribution >= 0.6 is 23.5 Å². The Balaban J connectivity index is 1.57. The van der Waals surface area contributed by atoms with Crippen molar-refractivity contribution in [3.8, 4) is 6.07 Å². The number of fused-ring (bicyclic) bond motifs is 1. The molecule has 2 aromatic carbocycles. The molecule has 3 aromatic rings. The lowest BCUT2D eigenvalue weighted by atomic mass is 10.1. The lowest BCUT2D eigenvalue weighted by Gasteiger charge is -2.06. The smallest absolute Gasteiger partial charge is 0.374 e. The van der Waals surface area contributed by atoms with Crippen LogP contribution in [0.5, 0.6) is 0 Å². The molecule has 4 rings (SSSR count). The predicted octanol–water partition coefficient (Wildman–Crippen LogP) is 5.00. The van der Waals surface area contributed by atoms with Crippen molar-refractivity contribution in [3.63, 3.8) is 0 Å². The Labute approximate surface area is 170 Å². The van der Waals surface area contributed by atoms with Gasteiger partial charge in [-0.1, -0.05) is 59.9 Å². The number of esters is 1. The Morgan fingerprint density at radius 1 is 1.25 bits per heavy atom. The topological polar surface area (TPSA) is 75.6 Å². The van der Waals surface area contributed by atoms with E-state index < -0.39 is 5.97 Å². The van der Waals surface area contributed by atoms with E-state index in [4.69, 9.17) is 9.15 Å². The molecule has 7 heteroatoms. The van der Waals surface area contributed by atoms with E-state index in [2.05, 4.69) is 11.1 Å². The van der Waals surface area contributed by atoms with Gasteiger partial charge in [-0.05, 0) is 12.1 Å². The number of thioether (sulfide) groups is 2. The number of nitrogens with zero attached hydrogens (tertiary/aromatic N) is 2. The molecule has 0 amide bonds. The first-order chi connectivity index (χ1) is 13.8. The molecule has 0 aliphatic carbocycles. The van der Waals surface area contributed by atoms with Crippen LogP contribution in [0.15, 0.2) is 57.9 Å². The van der Waals surface area contributed by atoms with Gasteiger partial charge in [0.15, 0.2) is 0 Å². The number of aliphatic imine (C=N–C) groups is 1. The normalized spacial score (nSPS) is 13.3. The summed E-state index contributed by atoms with van der Waals surface area (Å²) < 4.78 is 12.3. The van der Waals surface area contributed by atoms with Gasteiger partial charge in [0.25, 0.3) is 0 Å². The van der Waals surface area contributed by atoms with Gasteiger partial charge in [-0.15, -0.1) is 0 Å². The quantitative estimate of drug-likeness (QED) is 0.553. The number of para-hydroxylation sites is 1. The molecule has 0 fully saturated rings. The van der Waals surface area contributed by atoms with Crippen molar-refractivity contribution in [1.29, 1.82) is 5.26 Å². The van der Waals surface area contributed by atoms with Crippen LogP contribution in [-0.2, 0) is 17.1 Å². The molecule has 2 heterocycles. The van der Waals surface area contributed by atoms with E-state index in [1.807, 2.05) is 30.3 Å². The maximum Gasteiger partial charge on any atom is 0.374 e. The summed E-state index contributed by atoms with van der Waals surface area (Å²) in [6.45, 7) is 0.862. The Hall–Kier alpha value is -2.69. The summed E-state index contributed by atoms with van der Waals surface area (Å²) in [5, 5.41) is 10.1. The third-order valence-corrected chi connectivity index (χ3v) is 6.56. The molecule has 28 heavy (non-hydrogen) atoms. The highest BCUT2D eigenvalue weighted by Crippen LogP contribution is 2.33. The molecule has 5 nitrogen and oxygen atoms in total. The average Bonchev–Trinajstić information content (AvgIpc) is 3.38. The summed E-state index contributed by atoms with van der Waals surface area (Å²) in [5.74, 6) is 1.27. The monoisotopic (exact) mass is 408 g/mol. The third-order valence-electron chi connectivity index (χ3n) is 4.28. The SMILES string of the molecule is N#Cc1ccccc1COC(=O)c1oc2ccccc2c1CSC1=NCCS1. The summed E-state index contributed by atoms with van der Waals surface area (Å²) >= 11 is 3.34.